The molecule has 5 heteroatoms. The maximum Gasteiger partial charge on any atom is 0.302 e. The lowest BCUT2D eigenvalue weighted by Gasteiger charge is -2.32. The highest BCUT2D eigenvalue weighted by atomic mass is 16.6. The third-order valence-corrected chi connectivity index (χ3v) is 5.46. The molecule has 3 atom stereocenters. The molecular formula is C31H34O5. The Labute approximate surface area is 214 Å². The van der Waals surface area contributed by atoms with Gasteiger partial charge in [0.05, 0.1) is 19.8 Å². The molecule has 0 aliphatic heterocycles. The molecule has 0 fully saturated rings. The van der Waals surface area contributed by atoms with E-state index in [2.05, 4.69) is 6.58 Å². The van der Waals surface area contributed by atoms with Gasteiger partial charge in [-0.1, -0.05) is 116 Å². The summed E-state index contributed by atoms with van der Waals surface area (Å²) in [4.78, 5) is 11.7. The number of ether oxygens (including phenoxy) is 4. The molecule has 0 N–H and O–H groups in total. The summed E-state index contributed by atoms with van der Waals surface area (Å²) in [7, 11) is 0. The van der Waals surface area contributed by atoms with Gasteiger partial charge in [-0.2, -0.15) is 0 Å². The Hall–Kier alpha value is -3.51. The van der Waals surface area contributed by atoms with Crippen molar-refractivity contribution in [1.82, 2.24) is 0 Å². The lowest BCUT2D eigenvalue weighted by molar-refractivity contribution is -0.167. The van der Waals surface area contributed by atoms with E-state index in [4.69, 9.17) is 18.9 Å². The van der Waals surface area contributed by atoms with Gasteiger partial charge in [-0.3, -0.25) is 4.79 Å². The summed E-state index contributed by atoms with van der Waals surface area (Å²) >= 11 is 0. The topological polar surface area (TPSA) is 54.0 Å². The summed E-state index contributed by atoms with van der Waals surface area (Å²) in [6.45, 7) is 6.30. The lowest BCUT2D eigenvalue weighted by atomic mass is 10.1. The summed E-state index contributed by atoms with van der Waals surface area (Å²) < 4.78 is 24.5. The highest BCUT2D eigenvalue weighted by Gasteiger charge is 2.32. The third-order valence-electron chi connectivity index (χ3n) is 5.46. The second-order valence-corrected chi connectivity index (χ2v) is 8.28. The molecule has 0 radical (unpaired) electrons. The van der Waals surface area contributed by atoms with Gasteiger partial charge < -0.3 is 18.9 Å². The zero-order valence-corrected chi connectivity index (χ0v) is 20.7. The van der Waals surface area contributed by atoms with Crippen LogP contribution in [0.4, 0.5) is 0 Å². The smallest absolute Gasteiger partial charge is 0.302 e. The van der Waals surface area contributed by atoms with E-state index in [0.717, 1.165) is 16.7 Å². The Bertz CT molecular complexity index is 1050. The Balaban J connectivity index is 1.86. The van der Waals surface area contributed by atoms with Gasteiger partial charge in [0.2, 0.25) is 0 Å². The van der Waals surface area contributed by atoms with Gasteiger partial charge in [-0.15, -0.1) is 0 Å². The van der Waals surface area contributed by atoms with Crippen LogP contribution in [-0.2, 0) is 43.6 Å². The van der Waals surface area contributed by atoms with Gasteiger partial charge in [0.25, 0.3) is 0 Å². The number of esters is 1. The van der Waals surface area contributed by atoms with Crippen LogP contribution in [0.5, 0.6) is 0 Å². The highest BCUT2D eigenvalue weighted by Crippen LogP contribution is 2.20. The molecule has 0 unspecified atom stereocenters. The summed E-state index contributed by atoms with van der Waals surface area (Å²) in [5.41, 5.74) is 3.07. The van der Waals surface area contributed by atoms with Crippen molar-refractivity contribution < 1.29 is 23.7 Å². The van der Waals surface area contributed by atoms with Gasteiger partial charge in [0.1, 0.15) is 24.9 Å². The highest BCUT2D eigenvalue weighted by molar-refractivity contribution is 5.65. The van der Waals surface area contributed by atoms with E-state index < -0.39 is 18.3 Å². The van der Waals surface area contributed by atoms with Crippen LogP contribution in [0.3, 0.4) is 0 Å². The zero-order chi connectivity index (χ0) is 25.4. The molecular weight excluding hydrogens is 452 g/mol. The first-order valence-corrected chi connectivity index (χ1v) is 12.0. The molecule has 36 heavy (non-hydrogen) atoms. The normalized spacial score (nSPS) is 13.7. The van der Waals surface area contributed by atoms with Crippen molar-refractivity contribution in [2.24, 2.45) is 0 Å². The molecule has 0 heterocycles. The molecule has 0 saturated heterocycles. The molecule has 5 nitrogen and oxygen atoms in total. The average molecular weight is 487 g/mol. The molecule has 188 valence electrons. The molecule has 0 saturated carbocycles. The van der Waals surface area contributed by atoms with Gasteiger partial charge in [-0.05, 0) is 16.7 Å². The summed E-state index contributed by atoms with van der Waals surface area (Å²) in [6, 6.07) is 29.7. The number of rotatable bonds is 15. The molecule has 3 aromatic rings. The van der Waals surface area contributed by atoms with Crippen LogP contribution in [0, 0.1) is 0 Å². The fourth-order valence-electron chi connectivity index (χ4n) is 3.61. The van der Waals surface area contributed by atoms with Crippen LogP contribution >= 0.6 is 0 Å². The number of hydrogen-bond acceptors (Lipinski definition) is 5. The standard InChI is InChI=1S/C31H34O5/c1-3-4-20-29(34-21-26-14-8-5-9-15-26)31(36-23-28-18-12-7-13-19-28)30(24-33-25(2)32)35-22-27-16-10-6-11-17-27/h3-20,29-31H,1,21-24H2,2H3/b20-4+/t29-,30-,31+/m1/s1. The van der Waals surface area contributed by atoms with Crippen molar-refractivity contribution in [2.75, 3.05) is 6.61 Å². The number of carbonyl (C=O) groups is 1. The van der Waals surface area contributed by atoms with Crippen LogP contribution in [0.15, 0.2) is 116 Å². The van der Waals surface area contributed by atoms with Gasteiger partial charge in [-0.25, -0.2) is 0 Å². The van der Waals surface area contributed by atoms with Crippen molar-refractivity contribution in [1.29, 1.82) is 0 Å². The van der Waals surface area contributed by atoms with E-state index in [9.17, 15) is 4.79 Å². The number of hydrogen-bond donors (Lipinski definition) is 0. The minimum absolute atomic E-state index is 0.0365. The van der Waals surface area contributed by atoms with Crippen molar-refractivity contribution >= 4 is 5.97 Å². The van der Waals surface area contributed by atoms with Crippen molar-refractivity contribution in [3.8, 4) is 0 Å². The van der Waals surface area contributed by atoms with Crippen molar-refractivity contribution in [3.63, 3.8) is 0 Å². The predicted molar refractivity (Wildman–Crippen MR) is 141 cm³/mol. The maximum absolute atomic E-state index is 11.7. The van der Waals surface area contributed by atoms with Gasteiger partial charge in [0, 0.05) is 6.92 Å². The fraction of sp³-hybridized carbons (Fsp3) is 0.258. The van der Waals surface area contributed by atoms with E-state index in [-0.39, 0.29) is 12.6 Å². The van der Waals surface area contributed by atoms with Crippen LogP contribution in [0.1, 0.15) is 23.6 Å². The Morgan fingerprint density at radius 2 is 1.22 bits per heavy atom. The number of benzene rings is 3. The zero-order valence-electron chi connectivity index (χ0n) is 20.7. The van der Waals surface area contributed by atoms with Crippen LogP contribution < -0.4 is 0 Å². The molecule has 0 aromatic heterocycles. The monoisotopic (exact) mass is 486 g/mol. The second-order valence-electron chi connectivity index (χ2n) is 8.28. The first-order chi connectivity index (χ1) is 17.7. The largest absolute Gasteiger partial charge is 0.463 e. The van der Waals surface area contributed by atoms with E-state index >= 15 is 0 Å². The molecule has 0 aliphatic rings. The minimum atomic E-state index is -0.576. The fourth-order valence-corrected chi connectivity index (χ4v) is 3.61. The van der Waals surface area contributed by atoms with Crippen LogP contribution in [0.2, 0.25) is 0 Å². The van der Waals surface area contributed by atoms with Crippen molar-refractivity contribution in [2.45, 2.75) is 45.1 Å². The molecule has 0 amide bonds. The summed E-state index contributed by atoms with van der Waals surface area (Å²) in [6.07, 6.45) is 3.80. The predicted octanol–water partition coefficient (Wildman–Crippen LogP) is 6.05. The first-order valence-electron chi connectivity index (χ1n) is 12.0. The molecule has 0 spiro atoms. The lowest BCUT2D eigenvalue weighted by Crippen LogP contribution is -2.44. The van der Waals surface area contributed by atoms with E-state index in [1.165, 1.54) is 6.92 Å². The Kier molecular flexibility index (Phi) is 11.6. The van der Waals surface area contributed by atoms with E-state index in [1.807, 2.05) is 103 Å². The van der Waals surface area contributed by atoms with Crippen LogP contribution in [0.25, 0.3) is 0 Å². The maximum atomic E-state index is 11.7. The van der Waals surface area contributed by atoms with Crippen molar-refractivity contribution in [3.05, 3.63) is 132 Å². The number of allylic oxidation sites excluding steroid dienone is 2. The quantitative estimate of drug-likeness (QED) is 0.193. The first kappa shape index (κ1) is 27.1. The van der Waals surface area contributed by atoms with E-state index in [0.29, 0.717) is 19.8 Å². The summed E-state index contributed by atoms with van der Waals surface area (Å²) in [5, 5.41) is 0. The SMILES string of the molecule is C=C/C=C/[C@@H](OCc1ccccc1)[C@H](OCc1ccccc1)[C@@H](COC(C)=O)OCc1ccccc1. The Morgan fingerprint density at radius 1 is 0.750 bits per heavy atom. The van der Waals surface area contributed by atoms with Gasteiger partial charge in [0.15, 0.2) is 0 Å². The van der Waals surface area contributed by atoms with Gasteiger partial charge >= 0.3 is 5.97 Å². The Morgan fingerprint density at radius 3 is 1.69 bits per heavy atom. The molecule has 0 bridgehead atoms. The number of carbonyl (C=O) groups excluding carboxylic acids is 1. The van der Waals surface area contributed by atoms with Crippen LogP contribution in [-0.4, -0.2) is 30.9 Å². The summed E-state index contributed by atoms with van der Waals surface area (Å²) in [5.74, 6) is -0.381. The molecule has 0 aliphatic carbocycles. The minimum Gasteiger partial charge on any atom is -0.463 e. The molecule has 3 rings (SSSR count). The second kappa shape index (κ2) is 15.5. The van der Waals surface area contributed by atoms with E-state index in [1.54, 1.807) is 6.08 Å². The third kappa shape index (κ3) is 9.62. The average Bonchev–Trinajstić information content (AvgIpc) is 2.92. The molecule has 3 aromatic carbocycles.